The van der Waals surface area contributed by atoms with Gasteiger partial charge in [0.2, 0.25) is 5.43 Å². The number of fused-ring (bicyclic) bond motifs is 1. The van der Waals surface area contributed by atoms with Crippen molar-refractivity contribution >= 4 is 40.1 Å². The minimum absolute atomic E-state index is 0.00171. The van der Waals surface area contributed by atoms with Gasteiger partial charge in [0, 0.05) is 16.6 Å². The van der Waals surface area contributed by atoms with Gasteiger partial charge in [-0.15, -0.1) is 0 Å². The van der Waals surface area contributed by atoms with Gasteiger partial charge in [0.25, 0.3) is 0 Å². The first-order valence-corrected chi connectivity index (χ1v) is 7.88. The first-order chi connectivity index (χ1) is 11.9. The molecule has 1 aromatic carbocycles. The molecule has 0 fully saturated rings. The molecule has 2 aromatic heterocycles. The van der Waals surface area contributed by atoms with Crippen molar-refractivity contribution in [2.45, 2.75) is 19.2 Å². The Hall–Kier alpha value is -2.42. The zero-order chi connectivity index (χ0) is 18.1. The van der Waals surface area contributed by atoms with E-state index in [4.69, 9.17) is 23.2 Å². The van der Waals surface area contributed by atoms with Crippen molar-refractivity contribution in [3.63, 3.8) is 0 Å². The summed E-state index contributed by atoms with van der Waals surface area (Å²) in [5.41, 5.74) is -0.814. The van der Waals surface area contributed by atoms with Crippen LogP contribution in [-0.2, 0) is 13.1 Å². The van der Waals surface area contributed by atoms with Crippen LogP contribution in [0, 0.1) is 0 Å². The van der Waals surface area contributed by atoms with Crippen LogP contribution in [0.3, 0.4) is 0 Å². The predicted octanol–water partition coefficient (Wildman–Crippen LogP) is 1.66. The number of carboxylic acids is 1. The van der Waals surface area contributed by atoms with Crippen LogP contribution in [0.15, 0.2) is 35.8 Å². The summed E-state index contributed by atoms with van der Waals surface area (Å²) in [7, 11) is 0. The van der Waals surface area contributed by atoms with Gasteiger partial charge in [0.1, 0.15) is 18.2 Å². The maximum absolute atomic E-state index is 12.4. The molecular weight excluding hydrogens is 371 g/mol. The van der Waals surface area contributed by atoms with Crippen molar-refractivity contribution in [1.29, 1.82) is 0 Å². The molecule has 0 saturated heterocycles. The number of halogens is 2. The normalized spacial score (nSPS) is 12.4. The van der Waals surface area contributed by atoms with Crippen LogP contribution in [0.1, 0.15) is 10.4 Å². The van der Waals surface area contributed by atoms with E-state index in [0.717, 1.165) is 6.20 Å². The quantitative estimate of drug-likeness (QED) is 0.694. The Kier molecular flexibility index (Phi) is 4.76. The number of aliphatic hydroxyl groups excluding tert-OH is 1. The third-order valence-corrected chi connectivity index (χ3v) is 4.10. The maximum Gasteiger partial charge on any atom is 0.341 e. The Balaban J connectivity index is 2.11. The van der Waals surface area contributed by atoms with Gasteiger partial charge in [-0.2, -0.15) is 5.10 Å². The molecule has 1 atom stereocenters. The molecule has 0 bridgehead atoms. The van der Waals surface area contributed by atoms with Gasteiger partial charge in [0.15, 0.2) is 0 Å². The molecular formula is C15H12Cl2N4O4. The number of benzene rings is 1. The Labute approximate surface area is 150 Å². The molecule has 0 aliphatic rings. The summed E-state index contributed by atoms with van der Waals surface area (Å²) >= 11 is 12.1. The molecule has 3 rings (SSSR count). The number of rotatable bonds is 5. The largest absolute Gasteiger partial charge is 0.477 e. The summed E-state index contributed by atoms with van der Waals surface area (Å²) in [6.45, 7) is 0.138. The van der Waals surface area contributed by atoms with Crippen LogP contribution in [0.25, 0.3) is 10.9 Å². The van der Waals surface area contributed by atoms with Gasteiger partial charge in [-0.1, -0.05) is 23.2 Å². The standard InChI is InChI=1S/C15H12Cl2N4O4/c16-8-1-10-13(12(17)2-8)20(5-11(14(10)23)15(24)25)3-9(22)4-21-7-18-6-19-21/h1-2,5-7,9,22H,3-4H2,(H,24,25). The van der Waals surface area contributed by atoms with Gasteiger partial charge < -0.3 is 14.8 Å². The molecule has 0 aliphatic heterocycles. The van der Waals surface area contributed by atoms with E-state index >= 15 is 0 Å². The third-order valence-electron chi connectivity index (χ3n) is 3.59. The van der Waals surface area contributed by atoms with Crippen molar-refractivity contribution < 1.29 is 15.0 Å². The second kappa shape index (κ2) is 6.83. The lowest BCUT2D eigenvalue weighted by molar-refractivity contribution is 0.0693. The molecule has 1 unspecified atom stereocenters. The molecule has 0 spiro atoms. The van der Waals surface area contributed by atoms with Crippen molar-refractivity contribution in [3.8, 4) is 0 Å². The molecule has 0 radical (unpaired) electrons. The van der Waals surface area contributed by atoms with Crippen LogP contribution in [0.4, 0.5) is 0 Å². The highest BCUT2D eigenvalue weighted by Crippen LogP contribution is 2.27. The summed E-state index contributed by atoms with van der Waals surface area (Å²) in [5.74, 6) is -1.37. The highest BCUT2D eigenvalue weighted by molar-refractivity contribution is 6.38. The van der Waals surface area contributed by atoms with Gasteiger partial charge in [0.05, 0.1) is 29.7 Å². The number of aromatic nitrogens is 4. The molecule has 8 nitrogen and oxygen atoms in total. The van der Waals surface area contributed by atoms with Crippen molar-refractivity contribution in [3.05, 3.63) is 56.8 Å². The van der Waals surface area contributed by atoms with Gasteiger partial charge in [-0.3, -0.25) is 9.48 Å². The minimum Gasteiger partial charge on any atom is -0.477 e. The van der Waals surface area contributed by atoms with Crippen molar-refractivity contribution in [1.82, 2.24) is 19.3 Å². The highest BCUT2D eigenvalue weighted by atomic mass is 35.5. The molecule has 130 valence electrons. The molecule has 10 heteroatoms. The number of aromatic carboxylic acids is 1. The number of hydrogen-bond acceptors (Lipinski definition) is 5. The Morgan fingerprint density at radius 3 is 2.68 bits per heavy atom. The Morgan fingerprint density at radius 1 is 1.28 bits per heavy atom. The van der Waals surface area contributed by atoms with Crippen molar-refractivity contribution in [2.24, 2.45) is 0 Å². The molecule has 3 aromatic rings. The number of pyridine rings is 1. The Bertz CT molecular complexity index is 1000. The van der Waals surface area contributed by atoms with E-state index < -0.39 is 23.1 Å². The average molecular weight is 383 g/mol. The Morgan fingerprint density at radius 2 is 2.04 bits per heavy atom. The fourth-order valence-corrected chi connectivity index (χ4v) is 3.18. The maximum atomic E-state index is 12.4. The second-order valence-electron chi connectivity index (χ2n) is 5.38. The van der Waals surface area contributed by atoms with Gasteiger partial charge in [-0.25, -0.2) is 9.78 Å². The van der Waals surface area contributed by atoms with Crippen LogP contribution < -0.4 is 5.43 Å². The zero-order valence-electron chi connectivity index (χ0n) is 12.6. The smallest absolute Gasteiger partial charge is 0.341 e. The number of carbonyl (C=O) groups is 1. The molecule has 0 saturated carbocycles. The van der Waals surface area contributed by atoms with E-state index in [1.54, 1.807) is 0 Å². The zero-order valence-corrected chi connectivity index (χ0v) is 14.1. The summed E-state index contributed by atoms with van der Waals surface area (Å²) in [4.78, 5) is 27.5. The molecule has 25 heavy (non-hydrogen) atoms. The van der Waals surface area contributed by atoms with Crippen LogP contribution in [-0.4, -0.2) is 41.6 Å². The number of carboxylic acid groups (broad SMARTS) is 1. The predicted molar refractivity (Wildman–Crippen MR) is 91.2 cm³/mol. The lowest BCUT2D eigenvalue weighted by Crippen LogP contribution is -2.26. The first kappa shape index (κ1) is 17.4. The topological polar surface area (TPSA) is 110 Å². The first-order valence-electron chi connectivity index (χ1n) is 7.12. The molecule has 2 heterocycles. The minimum atomic E-state index is -1.37. The van der Waals surface area contributed by atoms with Gasteiger partial charge in [-0.05, 0) is 12.1 Å². The summed E-state index contributed by atoms with van der Waals surface area (Å²) < 4.78 is 2.87. The lowest BCUT2D eigenvalue weighted by Gasteiger charge is -2.17. The molecule has 0 amide bonds. The van der Waals surface area contributed by atoms with Crippen LogP contribution >= 0.6 is 23.2 Å². The summed E-state index contributed by atoms with van der Waals surface area (Å²) in [6.07, 6.45) is 3.03. The second-order valence-corrected chi connectivity index (χ2v) is 6.23. The molecule has 0 aliphatic carbocycles. The number of aliphatic hydroxyl groups is 1. The van der Waals surface area contributed by atoms with E-state index in [-0.39, 0.29) is 28.5 Å². The summed E-state index contributed by atoms with van der Waals surface area (Å²) in [6, 6.07) is 2.81. The molecule has 2 N–H and O–H groups in total. The fourth-order valence-electron chi connectivity index (χ4n) is 2.58. The SMILES string of the molecule is O=C(O)c1cn(CC(O)Cn2cncn2)c2c(Cl)cc(Cl)cc2c1=O. The lowest BCUT2D eigenvalue weighted by atomic mass is 10.1. The number of hydrogen-bond donors (Lipinski definition) is 2. The van der Waals surface area contributed by atoms with E-state index in [0.29, 0.717) is 5.52 Å². The monoisotopic (exact) mass is 382 g/mol. The van der Waals surface area contributed by atoms with Crippen LogP contribution in [0.2, 0.25) is 10.0 Å². The van der Waals surface area contributed by atoms with E-state index in [9.17, 15) is 19.8 Å². The third kappa shape index (κ3) is 3.51. The highest BCUT2D eigenvalue weighted by Gasteiger charge is 2.19. The van der Waals surface area contributed by atoms with Crippen LogP contribution in [0.5, 0.6) is 0 Å². The van der Waals surface area contributed by atoms with Gasteiger partial charge >= 0.3 is 5.97 Å². The van der Waals surface area contributed by atoms with E-state index in [2.05, 4.69) is 10.1 Å². The van der Waals surface area contributed by atoms with Crippen molar-refractivity contribution in [2.75, 3.05) is 0 Å². The average Bonchev–Trinajstić information content (AvgIpc) is 3.02. The summed E-state index contributed by atoms with van der Waals surface area (Å²) in [5, 5.41) is 23.9. The number of nitrogens with zero attached hydrogens (tertiary/aromatic N) is 4. The van der Waals surface area contributed by atoms with E-state index in [1.807, 2.05) is 0 Å². The fraction of sp³-hybridized carbons (Fsp3) is 0.200. The van der Waals surface area contributed by atoms with E-state index in [1.165, 1.54) is 34.0 Å².